The first-order chi connectivity index (χ1) is 12.7. The van der Waals surface area contributed by atoms with Gasteiger partial charge in [0.05, 0.1) is 17.5 Å². The minimum absolute atomic E-state index is 0.0365. The van der Waals surface area contributed by atoms with Gasteiger partial charge in [0.1, 0.15) is 18.9 Å². The van der Waals surface area contributed by atoms with Crippen molar-refractivity contribution in [3.05, 3.63) is 66.6 Å². The van der Waals surface area contributed by atoms with Crippen molar-refractivity contribution >= 4 is 11.8 Å². The summed E-state index contributed by atoms with van der Waals surface area (Å²) in [5.41, 5.74) is 1.99. The smallest absolute Gasteiger partial charge is 0.257 e. The highest BCUT2D eigenvalue weighted by molar-refractivity contribution is 5.95. The first kappa shape index (κ1) is 16.1. The van der Waals surface area contributed by atoms with Gasteiger partial charge in [0.25, 0.3) is 11.8 Å². The summed E-state index contributed by atoms with van der Waals surface area (Å²) >= 11 is 0. The maximum Gasteiger partial charge on any atom is 0.257 e. The zero-order valence-corrected chi connectivity index (χ0v) is 14.0. The highest BCUT2D eigenvalue weighted by atomic mass is 16.3. The van der Waals surface area contributed by atoms with Gasteiger partial charge < -0.3 is 14.2 Å². The highest BCUT2D eigenvalue weighted by Crippen LogP contribution is 2.14. The van der Waals surface area contributed by atoms with Crippen LogP contribution >= 0.6 is 0 Å². The Morgan fingerprint density at radius 3 is 2.08 bits per heavy atom. The lowest BCUT2D eigenvalue weighted by Gasteiger charge is -2.34. The van der Waals surface area contributed by atoms with Crippen molar-refractivity contribution < 1.29 is 14.0 Å². The van der Waals surface area contributed by atoms with Crippen LogP contribution in [0, 0.1) is 0 Å². The molecule has 0 saturated carbocycles. The molecule has 0 radical (unpaired) electrons. The number of hydrogen-bond donors (Lipinski definition) is 0. The third-order valence-corrected chi connectivity index (χ3v) is 4.42. The first-order valence-electron chi connectivity index (χ1n) is 8.28. The molecule has 2 amide bonds. The molecule has 0 unspecified atom stereocenters. The molecular weight excluding hydrogens is 334 g/mol. The van der Waals surface area contributed by atoms with Crippen molar-refractivity contribution in [1.82, 2.24) is 24.6 Å². The largest absolute Gasteiger partial charge is 0.472 e. The SMILES string of the molecule is O=C(c1ccc(-n2cncn2)cc1)N1CCN(C(=O)c2ccoc2)CC1. The van der Waals surface area contributed by atoms with Crippen molar-refractivity contribution in [2.75, 3.05) is 26.2 Å². The number of aromatic nitrogens is 3. The summed E-state index contributed by atoms with van der Waals surface area (Å²) in [5, 5.41) is 4.06. The number of hydrogen-bond acceptors (Lipinski definition) is 5. The lowest BCUT2D eigenvalue weighted by atomic mass is 10.1. The molecule has 3 aromatic rings. The van der Waals surface area contributed by atoms with E-state index in [1.807, 2.05) is 12.1 Å². The Labute approximate surface area is 149 Å². The second kappa shape index (κ2) is 6.83. The second-order valence-corrected chi connectivity index (χ2v) is 5.98. The molecule has 4 rings (SSSR count). The summed E-state index contributed by atoms with van der Waals surface area (Å²) in [7, 11) is 0. The van der Waals surface area contributed by atoms with E-state index in [0.717, 1.165) is 5.69 Å². The Morgan fingerprint density at radius 2 is 1.54 bits per heavy atom. The van der Waals surface area contributed by atoms with Crippen LogP contribution in [-0.2, 0) is 0 Å². The van der Waals surface area contributed by atoms with Gasteiger partial charge in [-0.25, -0.2) is 9.67 Å². The third kappa shape index (κ3) is 3.08. The molecule has 0 atom stereocenters. The Morgan fingerprint density at radius 1 is 0.885 bits per heavy atom. The van der Waals surface area contributed by atoms with Gasteiger partial charge in [-0.15, -0.1) is 0 Å². The molecule has 0 spiro atoms. The number of amides is 2. The average Bonchev–Trinajstić information content (AvgIpc) is 3.41. The van der Waals surface area contributed by atoms with Crippen LogP contribution in [0.3, 0.4) is 0 Å². The summed E-state index contributed by atoms with van der Waals surface area (Å²) in [5.74, 6) is -0.103. The van der Waals surface area contributed by atoms with Gasteiger partial charge in [0, 0.05) is 31.7 Å². The Kier molecular flexibility index (Phi) is 4.22. The Hall–Kier alpha value is -3.42. The van der Waals surface area contributed by atoms with Crippen LogP contribution in [0.15, 0.2) is 59.9 Å². The van der Waals surface area contributed by atoms with Gasteiger partial charge >= 0.3 is 0 Å². The molecule has 1 aliphatic rings. The Balaban J connectivity index is 1.38. The number of furan rings is 1. The molecule has 2 aromatic heterocycles. The van der Waals surface area contributed by atoms with Crippen molar-refractivity contribution in [2.24, 2.45) is 0 Å². The van der Waals surface area contributed by atoms with Crippen molar-refractivity contribution in [3.8, 4) is 5.69 Å². The molecule has 1 fully saturated rings. The minimum atomic E-state index is -0.0666. The average molecular weight is 351 g/mol. The normalized spacial score (nSPS) is 14.5. The summed E-state index contributed by atoms with van der Waals surface area (Å²) < 4.78 is 6.59. The van der Waals surface area contributed by atoms with E-state index in [0.29, 0.717) is 37.3 Å². The quantitative estimate of drug-likeness (QED) is 0.713. The molecule has 132 valence electrons. The summed E-state index contributed by atoms with van der Waals surface area (Å²) in [6.07, 6.45) is 5.99. The highest BCUT2D eigenvalue weighted by Gasteiger charge is 2.25. The fourth-order valence-corrected chi connectivity index (χ4v) is 2.96. The van der Waals surface area contributed by atoms with Crippen LogP contribution < -0.4 is 0 Å². The lowest BCUT2D eigenvalue weighted by Crippen LogP contribution is -2.50. The molecule has 26 heavy (non-hydrogen) atoms. The van der Waals surface area contributed by atoms with E-state index in [4.69, 9.17) is 4.42 Å². The zero-order valence-electron chi connectivity index (χ0n) is 14.0. The van der Waals surface area contributed by atoms with E-state index in [1.165, 1.54) is 18.9 Å². The van der Waals surface area contributed by atoms with Crippen molar-refractivity contribution in [1.29, 1.82) is 0 Å². The van der Waals surface area contributed by atoms with E-state index in [2.05, 4.69) is 10.1 Å². The van der Waals surface area contributed by atoms with Gasteiger partial charge in [0.2, 0.25) is 0 Å². The first-order valence-corrected chi connectivity index (χ1v) is 8.28. The zero-order chi connectivity index (χ0) is 17.9. The van der Waals surface area contributed by atoms with Crippen LogP contribution in [0.2, 0.25) is 0 Å². The molecule has 0 N–H and O–H groups in total. The van der Waals surface area contributed by atoms with Crippen LogP contribution in [-0.4, -0.2) is 62.6 Å². The van der Waals surface area contributed by atoms with Crippen molar-refractivity contribution in [3.63, 3.8) is 0 Å². The van der Waals surface area contributed by atoms with Gasteiger partial charge in [-0.05, 0) is 30.3 Å². The number of nitrogens with zero attached hydrogens (tertiary/aromatic N) is 5. The lowest BCUT2D eigenvalue weighted by molar-refractivity contribution is 0.0535. The topological polar surface area (TPSA) is 84.5 Å². The standard InChI is InChI=1S/C18H17N5O3/c24-17(14-1-3-16(4-2-14)23-13-19-12-20-23)21-6-8-22(9-7-21)18(25)15-5-10-26-11-15/h1-5,10-13H,6-9H2. The van der Waals surface area contributed by atoms with E-state index in [9.17, 15) is 9.59 Å². The van der Waals surface area contributed by atoms with Gasteiger partial charge in [-0.1, -0.05) is 0 Å². The second-order valence-electron chi connectivity index (χ2n) is 5.98. The van der Waals surface area contributed by atoms with E-state index >= 15 is 0 Å². The summed E-state index contributed by atoms with van der Waals surface area (Å²) in [6, 6.07) is 8.88. The van der Waals surface area contributed by atoms with Crippen LogP contribution in [0.4, 0.5) is 0 Å². The van der Waals surface area contributed by atoms with Gasteiger partial charge in [-0.2, -0.15) is 5.10 Å². The summed E-state index contributed by atoms with van der Waals surface area (Å²) in [4.78, 5) is 32.4. The molecule has 0 aliphatic carbocycles. The molecule has 1 saturated heterocycles. The monoisotopic (exact) mass is 351 g/mol. The molecule has 1 aromatic carbocycles. The molecule has 0 bridgehead atoms. The van der Waals surface area contributed by atoms with E-state index in [-0.39, 0.29) is 11.8 Å². The van der Waals surface area contributed by atoms with Gasteiger partial charge in [-0.3, -0.25) is 9.59 Å². The molecule has 3 heterocycles. The predicted octanol–water partition coefficient (Wildman–Crippen LogP) is 1.46. The number of piperazine rings is 1. The van der Waals surface area contributed by atoms with Crippen LogP contribution in [0.1, 0.15) is 20.7 Å². The maximum absolute atomic E-state index is 12.7. The number of carbonyl (C=O) groups is 2. The fourth-order valence-electron chi connectivity index (χ4n) is 2.96. The minimum Gasteiger partial charge on any atom is -0.472 e. The van der Waals surface area contributed by atoms with Gasteiger partial charge in [0.15, 0.2) is 0 Å². The van der Waals surface area contributed by atoms with Crippen LogP contribution in [0.5, 0.6) is 0 Å². The summed E-state index contributed by atoms with van der Waals surface area (Å²) in [6.45, 7) is 2.03. The predicted molar refractivity (Wildman–Crippen MR) is 91.9 cm³/mol. The Bertz CT molecular complexity index is 880. The molecule has 8 heteroatoms. The van der Waals surface area contributed by atoms with E-state index in [1.54, 1.807) is 39.0 Å². The number of rotatable bonds is 3. The van der Waals surface area contributed by atoms with Crippen molar-refractivity contribution in [2.45, 2.75) is 0 Å². The molecular formula is C18H17N5O3. The number of benzene rings is 1. The fraction of sp³-hybridized carbons (Fsp3) is 0.222. The maximum atomic E-state index is 12.7. The van der Waals surface area contributed by atoms with E-state index < -0.39 is 0 Å². The molecule has 1 aliphatic heterocycles. The van der Waals surface area contributed by atoms with Crippen LogP contribution in [0.25, 0.3) is 5.69 Å². The third-order valence-electron chi connectivity index (χ3n) is 4.42. The molecule has 8 nitrogen and oxygen atoms in total. The number of carbonyl (C=O) groups excluding carboxylic acids is 2.